The lowest BCUT2D eigenvalue weighted by molar-refractivity contribution is -0.137. The number of aromatic nitrogens is 2. The minimum atomic E-state index is -4.53. The average Bonchev–Trinajstić information content (AvgIpc) is 3.52. The largest absolute Gasteiger partial charge is 0.493 e. The highest BCUT2D eigenvalue weighted by atomic mass is 19.4. The van der Waals surface area contributed by atoms with Gasteiger partial charge in [0.25, 0.3) is 11.8 Å². The number of carbonyl (C=O) groups excluding carboxylic acids is 2. The number of methoxy groups -OCH3 is 1. The zero-order valence-electron chi connectivity index (χ0n) is 23.7. The number of piperidine rings is 1. The number of amides is 2. The molecule has 6 rings (SSSR count). The highest BCUT2D eigenvalue weighted by Crippen LogP contribution is 2.38. The van der Waals surface area contributed by atoms with Gasteiger partial charge in [-0.15, -0.1) is 0 Å². The number of hydrogen-bond donors (Lipinski definition) is 2. The van der Waals surface area contributed by atoms with E-state index in [2.05, 4.69) is 10.3 Å². The van der Waals surface area contributed by atoms with E-state index in [0.29, 0.717) is 39.7 Å². The van der Waals surface area contributed by atoms with Crippen LogP contribution in [0.15, 0.2) is 73.1 Å². The highest BCUT2D eigenvalue weighted by Gasteiger charge is 2.38. The molecule has 2 amide bonds. The molecule has 0 aliphatic carbocycles. The number of nitrogens with zero attached hydrogens (tertiary/aromatic N) is 3. The zero-order valence-corrected chi connectivity index (χ0v) is 23.7. The van der Waals surface area contributed by atoms with Crippen LogP contribution in [0.5, 0.6) is 11.5 Å². The second-order valence-corrected chi connectivity index (χ2v) is 10.8. The molecule has 1 aromatic heterocycles. The molecule has 2 N–H and O–H groups in total. The fourth-order valence-corrected chi connectivity index (χ4v) is 5.62. The van der Waals surface area contributed by atoms with Gasteiger partial charge in [-0.1, -0.05) is 12.1 Å². The number of aliphatic hydroxyl groups is 1. The molecular formula is C32H29F3N4O5. The normalized spacial score (nSPS) is 16.4. The Morgan fingerprint density at radius 2 is 1.89 bits per heavy atom. The molecule has 2 aliphatic heterocycles. The Labute approximate surface area is 250 Å². The Morgan fingerprint density at radius 3 is 2.64 bits per heavy atom. The molecule has 4 bridgehead atoms. The van der Waals surface area contributed by atoms with Gasteiger partial charge in [-0.2, -0.15) is 13.2 Å². The van der Waals surface area contributed by atoms with Gasteiger partial charge in [-0.3, -0.25) is 14.2 Å². The molecule has 2 aliphatic rings. The van der Waals surface area contributed by atoms with Gasteiger partial charge in [0.1, 0.15) is 5.82 Å². The Morgan fingerprint density at radius 1 is 1.09 bits per heavy atom. The van der Waals surface area contributed by atoms with E-state index in [9.17, 15) is 27.9 Å². The first-order valence-corrected chi connectivity index (χ1v) is 14.0. The van der Waals surface area contributed by atoms with Gasteiger partial charge >= 0.3 is 6.18 Å². The van der Waals surface area contributed by atoms with E-state index in [-0.39, 0.29) is 56.5 Å². The van der Waals surface area contributed by atoms with Gasteiger partial charge < -0.3 is 24.8 Å². The molecule has 0 spiro atoms. The number of halogens is 3. The number of likely N-dealkylation sites (tertiary alicyclic amines) is 1. The summed E-state index contributed by atoms with van der Waals surface area (Å²) in [5, 5.41) is 14.1. The number of fused-ring (bicyclic) bond motifs is 7. The third-order valence-corrected chi connectivity index (χ3v) is 8.02. The van der Waals surface area contributed by atoms with E-state index in [0.717, 1.165) is 12.1 Å². The summed E-state index contributed by atoms with van der Waals surface area (Å²) in [4.78, 5) is 32.5. The Bertz CT molecular complexity index is 1730. The molecule has 0 atom stereocenters. The fraction of sp³-hybridized carbons (Fsp3) is 0.281. The lowest BCUT2D eigenvalue weighted by Gasteiger charge is -2.39. The van der Waals surface area contributed by atoms with Crippen LogP contribution in [0, 0.1) is 0 Å². The van der Waals surface area contributed by atoms with Crippen molar-refractivity contribution in [2.45, 2.75) is 31.2 Å². The maximum absolute atomic E-state index is 13.8. The van der Waals surface area contributed by atoms with Gasteiger partial charge in [-0.25, -0.2) is 4.98 Å². The van der Waals surface area contributed by atoms with E-state index in [4.69, 9.17) is 9.47 Å². The van der Waals surface area contributed by atoms with Crippen molar-refractivity contribution in [1.82, 2.24) is 19.8 Å². The van der Waals surface area contributed by atoms with Crippen LogP contribution in [0.2, 0.25) is 0 Å². The van der Waals surface area contributed by atoms with Crippen molar-refractivity contribution < 1.29 is 37.3 Å². The number of benzene rings is 3. The first-order valence-electron chi connectivity index (χ1n) is 14.0. The summed E-state index contributed by atoms with van der Waals surface area (Å²) >= 11 is 0. The lowest BCUT2D eigenvalue weighted by Crippen LogP contribution is -2.45. The van der Waals surface area contributed by atoms with Crippen molar-refractivity contribution in [2.75, 3.05) is 26.8 Å². The van der Waals surface area contributed by atoms with E-state index in [1.54, 1.807) is 41.6 Å². The van der Waals surface area contributed by atoms with Crippen LogP contribution in [0.3, 0.4) is 0 Å². The number of rotatable bonds is 3. The summed E-state index contributed by atoms with van der Waals surface area (Å²) < 4.78 is 52.8. The number of imidazole rings is 1. The summed E-state index contributed by atoms with van der Waals surface area (Å²) in [6.07, 6.45) is -0.966. The molecule has 0 saturated carbocycles. The van der Waals surface area contributed by atoms with Gasteiger partial charge in [0.2, 0.25) is 0 Å². The third-order valence-electron chi connectivity index (χ3n) is 8.02. The second kappa shape index (κ2) is 11.3. The van der Waals surface area contributed by atoms with E-state index in [1.807, 2.05) is 16.7 Å². The zero-order chi connectivity index (χ0) is 31.1. The molecule has 0 radical (unpaired) electrons. The first kappa shape index (κ1) is 29.2. The predicted octanol–water partition coefficient (Wildman–Crippen LogP) is 4.70. The van der Waals surface area contributed by atoms with Gasteiger partial charge in [-0.05, 0) is 72.5 Å². The Hall–Kier alpha value is -4.84. The number of alkyl halides is 3. The van der Waals surface area contributed by atoms with Crippen LogP contribution in [0.4, 0.5) is 13.2 Å². The van der Waals surface area contributed by atoms with Crippen LogP contribution in [0.25, 0.3) is 17.1 Å². The van der Waals surface area contributed by atoms with Crippen LogP contribution in [-0.2, 0) is 23.1 Å². The minimum Gasteiger partial charge on any atom is -0.493 e. The molecular weight excluding hydrogens is 577 g/mol. The van der Waals surface area contributed by atoms with Crippen molar-refractivity contribution in [3.63, 3.8) is 0 Å². The van der Waals surface area contributed by atoms with Crippen molar-refractivity contribution in [2.24, 2.45) is 0 Å². The summed E-state index contributed by atoms with van der Waals surface area (Å²) in [5.74, 6) is 0.760. The van der Waals surface area contributed by atoms with Gasteiger partial charge in [0.15, 0.2) is 18.1 Å². The van der Waals surface area contributed by atoms with Crippen molar-refractivity contribution in [3.8, 4) is 28.6 Å². The summed E-state index contributed by atoms with van der Waals surface area (Å²) in [5.41, 5.74) is 0.223. The van der Waals surface area contributed by atoms with Gasteiger partial charge in [0.05, 0.1) is 18.3 Å². The Kier molecular flexibility index (Phi) is 7.54. The summed E-state index contributed by atoms with van der Waals surface area (Å²) in [7, 11) is 1.51. The molecule has 1 saturated heterocycles. The predicted molar refractivity (Wildman–Crippen MR) is 153 cm³/mol. The second-order valence-electron chi connectivity index (χ2n) is 10.8. The molecule has 12 heteroatoms. The number of hydrogen-bond acceptors (Lipinski definition) is 6. The molecule has 44 heavy (non-hydrogen) atoms. The molecule has 4 aromatic rings. The average molecular weight is 607 g/mol. The van der Waals surface area contributed by atoms with Crippen LogP contribution < -0.4 is 14.8 Å². The van der Waals surface area contributed by atoms with Gasteiger partial charge in [0, 0.05) is 48.8 Å². The number of nitrogens with one attached hydrogen (secondary N) is 1. The molecule has 228 valence electrons. The van der Waals surface area contributed by atoms with Crippen LogP contribution >= 0.6 is 0 Å². The van der Waals surface area contributed by atoms with Crippen molar-refractivity contribution in [3.05, 3.63) is 95.3 Å². The fourth-order valence-electron chi connectivity index (χ4n) is 5.62. The molecule has 1 fully saturated rings. The SMILES string of the molecule is COc1ccc2cc1OCC(=O)NCc1cc(C(=O)N3CCC(O)(c4cccc(C(F)(F)F)c4)CC3)cc(c1)-n1ccnc1-2. The van der Waals surface area contributed by atoms with Crippen LogP contribution in [0.1, 0.15) is 39.9 Å². The molecule has 3 heterocycles. The molecule has 0 unspecified atom stereocenters. The Balaban J connectivity index is 1.30. The monoisotopic (exact) mass is 606 g/mol. The maximum Gasteiger partial charge on any atom is 0.416 e. The standard InChI is InChI=1S/C32H29F3N4O5/c1-43-26-6-5-21-16-27(26)44-19-28(40)37-18-20-13-22(15-25(14-20)39-12-9-36-29(21)39)30(41)38-10-7-31(42,8-11-38)23-3-2-4-24(17-23)32(33,34)35/h2-6,9,12-17,42H,7-8,10-11,18-19H2,1H3,(H,37,40). The lowest BCUT2D eigenvalue weighted by atomic mass is 9.83. The van der Waals surface area contributed by atoms with Crippen LogP contribution in [-0.4, -0.2) is 58.2 Å². The maximum atomic E-state index is 13.8. The topological polar surface area (TPSA) is 106 Å². The van der Waals surface area contributed by atoms with E-state index < -0.39 is 17.3 Å². The summed E-state index contributed by atoms with van der Waals surface area (Å²) in [6.45, 7) is 0.168. The third kappa shape index (κ3) is 5.72. The smallest absolute Gasteiger partial charge is 0.416 e. The van der Waals surface area contributed by atoms with Crippen molar-refractivity contribution in [1.29, 1.82) is 0 Å². The van der Waals surface area contributed by atoms with E-state index in [1.165, 1.54) is 19.2 Å². The quantitative estimate of drug-likeness (QED) is 0.351. The molecule has 9 nitrogen and oxygen atoms in total. The summed E-state index contributed by atoms with van der Waals surface area (Å²) in [6, 6.07) is 15.3. The number of ether oxygens (including phenoxy) is 2. The molecule has 3 aromatic carbocycles. The van der Waals surface area contributed by atoms with E-state index >= 15 is 0 Å². The minimum absolute atomic E-state index is 0.0775. The highest BCUT2D eigenvalue weighted by molar-refractivity contribution is 5.95. The first-order chi connectivity index (χ1) is 21.0. The number of carbonyl (C=O) groups is 2. The van der Waals surface area contributed by atoms with Crippen molar-refractivity contribution >= 4 is 11.8 Å².